The molecular formula is C76H94O9. The fraction of sp³-hybridized carbons (Fsp3) is 0.816. The lowest BCUT2D eigenvalue weighted by Gasteiger charge is -2.62. The topological polar surface area (TPSA) is 130 Å². The van der Waals surface area contributed by atoms with Gasteiger partial charge in [-0.05, 0) is 276 Å². The number of esters is 3. The second-order valence-corrected chi connectivity index (χ2v) is 36.5. The molecule has 0 aromatic heterocycles. The Kier molecular flexibility index (Phi) is 9.45. The van der Waals surface area contributed by atoms with Crippen molar-refractivity contribution < 1.29 is 43.0 Å². The van der Waals surface area contributed by atoms with Crippen molar-refractivity contribution in [2.75, 3.05) is 0 Å². The van der Waals surface area contributed by atoms with E-state index < -0.39 is 0 Å². The summed E-state index contributed by atoms with van der Waals surface area (Å²) in [5.41, 5.74) is 6.26. The fourth-order valence-corrected chi connectivity index (χ4v) is 30.4. The molecular weight excluding hydrogens is 1060 g/mol. The van der Waals surface area contributed by atoms with Gasteiger partial charge in [0.25, 0.3) is 0 Å². The van der Waals surface area contributed by atoms with Crippen molar-refractivity contribution in [3.63, 3.8) is 0 Å². The summed E-state index contributed by atoms with van der Waals surface area (Å²) in [4.78, 5) is 73.8. The monoisotopic (exact) mass is 1150 g/mol. The predicted octanol–water partition coefficient (Wildman–Crippen LogP) is 14.2. The number of hydrogen-bond donors (Lipinski definition) is 0. The Morgan fingerprint density at radius 1 is 0.400 bits per heavy atom. The van der Waals surface area contributed by atoms with Crippen LogP contribution in [0.5, 0.6) is 0 Å². The molecule has 452 valence electrons. The molecule has 9 heteroatoms. The van der Waals surface area contributed by atoms with Gasteiger partial charge in [-0.2, -0.15) is 0 Å². The van der Waals surface area contributed by atoms with Gasteiger partial charge in [-0.3, -0.25) is 28.8 Å². The van der Waals surface area contributed by atoms with Crippen LogP contribution in [0.4, 0.5) is 0 Å². The van der Waals surface area contributed by atoms with Crippen molar-refractivity contribution in [3.8, 4) is 0 Å². The molecule has 16 saturated carbocycles. The molecule has 22 aliphatic rings. The average Bonchev–Trinajstić information content (AvgIpc) is 1.51. The van der Waals surface area contributed by atoms with E-state index in [0.717, 1.165) is 97.7 Å². The molecule has 22 rings (SSSR count). The molecule has 0 bridgehead atoms. The van der Waals surface area contributed by atoms with Crippen molar-refractivity contribution >= 4 is 35.3 Å². The molecule has 0 aromatic rings. The zero-order valence-electron chi connectivity index (χ0n) is 52.0. The number of hydrogen-bond acceptors (Lipinski definition) is 9. The van der Waals surface area contributed by atoms with E-state index in [1.165, 1.54) is 121 Å². The molecule has 6 spiro atoms. The standard InChI is InChI=1S/C26H32O3.C25H32O3.C25H30O3/c1-23-5-3-16-15(22(23)14-10-18(14)26(23)6-4-21(28)29-26)12-25(7-8-25)20-11-19(27)13-9-17(13)24(16,20)2;2*1-22-6-3-14(26)11-19(22)24(9-10-24)13-16-17(22)4-7-23(2)21(16)15-12-18(15)25(23)8-5-20(27)28-25/h11,13-18,22H,3-10,12H2,1-2H3;11,15-18,21H,3-10,12-13H2,1-2H3;3,6,11,15-18,21H,4-5,7-10,12-13H2,1-2H3/t13?,14-,15?,16?,17+,18?,22?,23+,24+,26+;2*15-,16?,17?,18?,21?,22-,23+,25+/m111/s1. The van der Waals surface area contributed by atoms with Crippen LogP contribution in [0, 0.1) is 149 Å². The highest BCUT2D eigenvalue weighted by Crippen LogP contribution is 2.86. The van der Waals surface area contributed by atoms with Crippen LogP contribution in [-0.2, 0) is 43.0 Å². The number of ether oxygens (including phenoxy) is 3. The van der Waals surface area contributed by atoms with Crippen LogP contribution in [0.2, 0.25) is 0 Å². The Morgan fingerprint density at radius 2 is 0.847 bits per heavy atom. The average molecular weight is 1150 g/mol. The molecule has 0 amide bonds. The number of fused-ring (bicyclic) bond motifs is 32. The van der Waals surface area contributed by atoms with Gasteiger partial charge in [-0.25, -0.2) is 0 Å². The zero-order valence-corrected chi connectivity index (χ0v) is 52.0. The van der Waals surface area contributed by atoms with E-state index in [-0.39, 0.29) is 73.0 Å². The molecule has 3 saturated heterocycles. The van der Waals surface area contributed by atoms with Crippen molar-refractivity contribution in [1.29, 1.82) is 0 Å². The van der Waals surface area contributed by atoms with Crippen LogP contribution in [-0.4, -0.2) is 52.1 Å². The first-order valence-corrected chi connectivity index (χ1v) is 35.6. The zero-order chi connectivity index (χ0) is 57.8. The molecule has 3 aliphatic heterocycles. The third kappa shape index (κ3) is 5.94. The molecule has 0 N–H and O–H groups in total. The van der Waals surface area contributed by atoms with Crippen LogP contribution < -0.4 is 0 Å². The van der Waals surface area contributed by atoms with Gasteiger partial charge in [0.15, 0.2) is 17.3 Å². The number of rotatable bonds is 0. The number of carbonyl (C=O) groups is 6. The van der Waals surface area contributed by atoms with Crippen molar-refractivity contribution in [3.05, 3.63) is 47.1 Å². The highest BCUT2D eigenvalue weighted by Gasteiger charge is 2.84. The highest BCUT2D eigenvalue weighted by atomic mass is 16.6. The van der Waals surface area contributed by atoms with Crippen LogP contribution in [0.15, 0.2) is 47.1 Å². The van der Waals surface area contributed by atoms with Gasteiger partial charge >= 0.3 is 17.9 Å². The van der Waals surface area contributed by atoms with Gasteiger partial charge in [0, 0.05) is 71.0 Å². The van der Waals surface area contributed by atoms with Crippen molar-refractivity contribution in [2.45, 2.75) is 232 Å². The van der Waals surface area contributed by atoms with E-state index in [4.69, 9.17) is 14.2 Å². The maximum atomic E-state index is 12.7. The summed E-state index contributed by atoms with van der Waals surface area (Å²) in [6.45, 7) is 15.0. The van der Waals surface area contributed by atoms with Gasteiger partial charge in [-0.15, -0.1) is 0 Å². The smallest absolute Gasteiger partial charge is 0.306 e. The van der Waals surface area contributed by atoms with Gasteiger partial charge in [0.2, 0.25) is 0 Å². The Balaban J connectivity index is 0.0000000909. The molecule has 19 aliphatic carbocycles. The molecule has 0 aromatic carbocycles. The summed E-state index contributed by atoms with van der Waals surface area (Å²) >= 11 is 0. The van der Waals surface area contributed by atoms with Gasteiger partial charge in [0.1, 0.15) is 16.8 Å². The fourth-order valence-electron chi connectivity index (χ4n) is 30.4. The predicted molar refractivity (Wildman–Crippen MR) is 315 cm³/mol. The summed E-state index contributed by atoms with van der Waals surface area (Å²) in [5, 5.41) is 0. The maximum Gasteiger partial charge on any atom is 0.306 e. The lowest BCUT2D eigenvalue weighted by molar-refractivity contribution is -0.179. The normalized spacial score (nSPS) is 58.6. The third-order valence-electron chi connectivity index (χ3n) is 34.2. The van der Waals surface area contributed by atoms with Gasteiger partial charge in [0.05, 0.1) is 0 Å². The molecule has 0 radical (unpaired) electrons. The SMILES string of the molecule is C[C@@]12C(=CC(=O)C3C[C@@H]31)C1(CC1)CC1C2CC[C@@]2(C)C1[C@@H]1CC1[C@@]21CCC(=O)O1.C[C@]12C=CC(=O)C=C1C1(CC1)CC1C2CC[C@@]2(C)C1[C@@H]1CC1[C@@]21CCC(=O)O1.C[C@]12CCC(=O)C=C1C1(CC1)CC1C2CC[C@@]2(C)C1[C@@H]1CC1[C@@]21CCC(=O)O1. The Morgan fingerprint density at radius 3 is 1.33 bits per heavy atom. The van der Waals surface area contributed by atoms with Crippen LogP contribution in [0.25, 0.3) is 0 Å². The molecule has 85 heavy (non-hydrogen) atoms. The first-order chi connectivity index (χ1) is 40.5. The van der Waals surface area contributed by atoms with Crippen molar-refractivity contribution in [2.24, 2.45) is 149 Å². The molecule has 9 nitrogen and oxygen atoms in total. The summed E-state index contributed by atoms with van der Waals surface area (Å²) in [7, 11) is 0. The molecule has 13 unspecified atom stereocenters. The first kappa shape index (κ1) is 52.2. The van der Waals surface area contributed by atoms with E-state index >= 15 is 0 Å². The van der Waals surface area contributed by atoms with Gasteiger partial charge in [-0.1, -0.05) is 64.3 Å². The Bertz CT molecular complexity index is 3340. The minimum absolute atomic E-state index is 0.0443. The summed E-state index contributed by atoms with van der Waals surface area (Å²) in [6.07, 6.45) is 41.0. The maximum absolute atomic E-state index is 12.7. The van der Waals surface area contributed by atoms with E-state index in [1.54, 1.807) is 11.1 Å². The Labute approximate surface area is 504 Å². The number of carbonyl (C=O) groups excluding carboxylic acids is 6. The summed E-state index contributed by atoms with van der Waals surface area (Å²) < 4.78 is 18.7. The van der Waals surface area contributed by atoms with Crippen molar-refractivity contribution in [1.82, 2.24) is 0 Å². The summed E-state index contributed by atoms with van der Waals surface area (Å²) in [6, 6.07) is 0. The van der Waals surface area contributed by atoms with E-state index in [9.17, 15) is 28.8 Å². The van der Waals surface area contributed by atoms with E-state index in [0.29, 0.717) is 88.5 Å². The lowest BCUT2D eigenvalue weighted by atomic mass is 9.42. The van der Waals surface area contributed by atoms with E-state index in [1.807, 2.05) is 12.2 Å². The van der Waals surface area contributed by atoms with Crippen LogP contribution in [0.1, 0.15) is 215 Å². The van der Waals surface area contributed by atoms with Crippen LogP contribution >= 0.6 is 0 Å². The minimum Gasteiger partial charge on any atom is -0.458 e. The molecule has 19 fully saturated rings. The van der Waals surface area contributed by atoms with Gasteiger partial charge < -0.3 is 14.2 Å². The molecule has 26 atom stereocenters. The second kappa shape index (κ2) is 15.4. The largest absolute Gasteiger partial charge is 0.458 e. The first-order valence-electron chi connectivity index (χ1n) is 35.6. The van der Waals surface area contributed by atoms with Crippen LogP contribution in [0.3, 0.4) is 0 Å². The quantitative estimate of drug-likeness (QED) is 0.172. The summed E-state index contributed by atoms with van der Waals surface area (Å²) in [5.74, 6) is 12.9. The highest BCUT2D eigenvalue weighted by molar-refractivity contribution is 6.01. The third-order valence-corrected chi connectivity index (χ3v) is 34.2. The van der Waals surface area contributed by atoms with E-state index in [2.05, 4.69) is 59.8 Å². The number of allylic oxidation sites excluding steroid dienone is 6. The minimum atomic E-state index is -0.156. The second-order valence-electron chi connectivity index (χ2n) is 36.5. The lowest BCUT2D eigenvalue weighted by Crippen LogP contribution is -2.58. The molecule has 3 heterocycles. The number of ketones is 3. The Hall–Kier alpha value is -3.62.